The molecule has 162 valence electrons. The first-order valence-corrected chi connectivity index (χ1v) is 11.1. The second-order valence-electron chi connectivity index (χ2n) is 8.02. The molecule has 30 heavy (non-hydrogen) atoms. The van der Waals surface area contributed by atoms with Crippen LogP contribution in [-0.2, 0) is 0 Å². The lowest BCUT2D eigenvalue weighted by Gasteiger charge is -2.54. The highest BCUT2D eigenvalue weighted by Crippen LogP contribution is 2.44. The standard InChI is InChI=1S/C25H34N2O3/c1-4-23-19(18-26)16-17-27(25(23,5-2)6-3)24(28)30-22-14-12-21(13-15-22)29-20-10-8-7-9-11-20/h7-15,19,23H,4-6,16-18,26H2,1-3H3. The van der Waals surface area contributed by atoms with Crippen molar-refractivity contribution in [2.45, 2.75) is 52.0 Å². The number of carbonyl (C=O) groups is 1. The van der Waals surface area contributed by atoms with Gasteiger partial charge in [-0.3, -0.25) is 0 Å². The Labute approximate surface area is 180 Å². The number of nitrogens with zero attached hydrogens (tertiary/aromatic N) is 1. The monoisotopic (exact) mass is 410 g/mol. The van der Waals surface area contributed by atoms with Crippen molar-refractivity contribution in [1.82, 2.24) is 4.90 Å². The van der Waals surface area contributed by atoms with E-state index in [1.165, 1.54) is 0 Å². The molecule has 2 unspecified atom stereocenters. The first-order chi connectivity index (χ1) is 14.6. The van der Waals surface area contributed by atoms with Crippen LogP contribution in [0.25, 0.3) is 0 Å². The van der Waals surface area contributed by atoms with Gasteiger partial charge in [0.05, 0.1) is 0 Å². The average Bonchev–Trinajstić information content (AvgIpc) is 2.79. The molecule has 2 atom stereocenters. The average molecular weight is 411 g/mol. The van der Waals surface area contributed by atoms with Crippen molar-refractivity contribution in [3.05, 3.63) is 54.6 Å². The summed E-state index contributed by atoms with van der Waals surface area (Å²) in [7, 11) is 0. The van der Waals surface area contributed by atoms with Crippen molar-refractivity contribution in [3.63, 3.8) is 0 Å². The first-order valence-electron chi connectivity index (χ1n) is 11.1. The molecule has 2 aromatic rings. The zero-order valence-electron chi connectivity index (χ0n) is 18.3. The fourth-order valence-corrected chi connectivity index (χ4v) is 5.14. The van der Waals surface area contributed by atoms with E-state index in [4.69, 9.17) is 15.2 Å². The molecule has 1 aliphatic rings. The SMILES string of the molecule is CCC1C(CN)CCN(C(=O)Oc2ccc(Oc3ccccc3)cc2)C1(CC)CC. The molecule has 1 heterocycles. The van der Waals surface area contributed by atoms with Gasteiger partial charge in [-0.15, -0.1) is 0 Å². The quantitative estimate of drug-likeness (QED) is 0.622. The smallest absolute Gasteiger partial charge is 0.415 e. The second-order valence-corrected chi connectivity index (χ2v) is 8.02. The molecular weight excluding hydrogens is 376 g/mol. The molecule has 2 aromatic carbocycles. The number of hydrogen-bond donors (Lipinski definition) is 1. The molecule has 1 aliphatic heterocycles. The maximum absolute atomic E-state index is 13.2. The Hall–Kier alpha value is -2.53. The molecule has 0 spiro atoms. The number of amides is 1. The van der Waals surface area contributed by atoms with E-state index in [-0.39, 0.29) is 11.6 Å². The van der Waals surface area contributed by atoms with Crippen LogP contribution in [0.5, 0.6) is 17.2 Å². The van der Waals surface area contributed by atoms with E-state index < -0.39 is 0 Å². The van der Waals surface area contributed by atoms with Gasteiger partial charge in [0.15, 0.2) is 0 Å². The molecule has 0 radical (unpaired) electrons. The fourth-order valence-electron chi connectivity index (χ4n) is 5.14. The highest BCUT2D eigenvalue weighted by Gasteiger charge is 2.49. The summed E-state index contributed by atoms with van der Waals surface area (Å²) in [6.07, 6.45) is 3.47. The normalized spacial score (nSPS) is 20.6. The Balaban J connectivity index is 1.72. The van der Waals surface area contributed by atoms with Gasteiger partial charge in [-0.2, -0.15) is 0 Å². The van der Waals surface area contributed by atoms with E-state index in [1.807, 2.05) is 47.4 Å². The van der Waals surface area contributed by atoms with Gasteiger partial charge in [-0.25, -0.2) is 4.79 Å². The summed E-state index contributed by atoms with van der Waals surface area (Å²) in [4.78, 5) is 15.1. The van der Waals surface area contributed by atoms with Gasteiger partial charge in [0.1, 0.15) is 17.2 Å². The highest BCUT2D eigenvalue weighted by molar-refractivity contribution is 5.72. The third-order valence-corrected chi connectivity index (χ3v) is 6.72. The van der Waals surface area contributed by atoms with Crippen LogP contribution in [0.15, 0.2) is 54.6 Å². The van der Waals surface area contributed by atoms with Gasteiger partial charge in [-0.1, -0.05) is 45.4 Å². The van der Waals surface area contributed by atoms with Gasteiger partial charge in [0.2, 0.25) is 0 Å². The molecule has 0 aromatic heterocycles. The summed E-state index contributed by atoms with van der Waals surface area (Å²) < 4.78 is 11.6. The van der Waals surface area contributed by atoms with Crippen molar-refractivity contribution < 1.29 is 14.3 Å². The maximum atomic E-state index is 13.2. The first kappa shape index (κ1) is 22.2. The van der Waals surface area contributed by atoms with Gasteiger partial charge in [0.25, 0.3) is 0 Å². The molecule has 0 saturated carbocycles. The van der Waals surface area contributed by atoms with Crippen LogP contribution in [0.1, 0.15) is 46.5 Å². The number of para-hydroxylation sites is 1. The molecule has 5 nitrogen and oxygen atoms in total. The van der Waals surface area contributed by atoms with Crippen LogP contribution in [0, 0.1) is 11.8 Å². The number of benzene rings is 2. The van der Waals surface area contributed by atoms with E-state index >= 15 is 0 Å². The van der Waals surface area contributed by atoms with Crippen molar-refractivity contribution in [2.75, 3.05) is 13.1 Å². The van der Waals surface area contributed by atoms with Gasteiger partial charge in [-0.05, 0) is 74.0 Å². The maximum Gasteiger partial charge on any atom is 0.415 e. The van der Waals surface area contributed by atoms with Crippen molar-refractivity contribution in [1.29, 1.82) is 0 Å². The molecule has 2 N–H and O–H groups in total. The van der Waals surface area contributed by atoms with Crippen LogP contribution in [0.4, 0.5) is 4.79 Å². The second kappa shape index (κ2) is 9.98. The van der Waals surface area contributed by atoms with Crippen molar-refractivity contribution >= 4 is 6.09 Å². The molecule has 3 rings (SSSR count). The van der Waals surface area contributed by atoms with Crippen LogP contribution < -0.4 is 15.2 Å². The van der Waals surface area contributed by atoms with E-state index in [9.17, 15) is 4.79 Å². The van der Waals surface area contributed by atoms with Gasteiger partial charge < -0.3 is 20.1 Å². The number of hydrogen-bond acceptors (Lipinski definition) is 4. The number of likely N-dealkylation sites (tertiary alicyclic amines) is 1. The Morgan fingerprint density at radius 3 is 2.17 bits per heavy atom. The summed E-state index contributed by atoms with van der Waals surface area (Å²) in [5.74, 6) is 2.84. The summed E-state index contributed by atoms with van der Waals surface area (Å²) in [6.45, 7) is 7.90. The van der Waals surface area contributed by atoms with Gasteiger partial charge in [0, 0.05) is 12.1 Å². The largest absolute Gasteiger partial charge is 0.457 e. The molecule has 1 fully saturated rings. The topological polar surface area (TPSA) is 64.8 Å². The predicted octanol–water partition coefficient (Wildman–Crippen LogP) is 5.84. The summed E-state index contributed by atoms with van der Waals surface area (Å²) in [5, 5.41) is 0. The third-order valence-electron chi connectivity index (χ3n) is 6.72. The van der Waals surface area contributed by atoms with Crippen molar-refractivity contribution in [3.8, 4) is 17.2 Å². The summed E-state index contributed by atoms with van der Waals surface area (Å²) >= 11 is 0. The zero-order valence-corrected chi connectivity index (χ0v) is 18.3. The molecule has 1 saturated heterocycles. The Bertz CT molecular complexity index is 803. The Morgan fingerprint density at radius 2 is 1.60 bits per heavy atom. The summed E-state index contributed by atoms with van der Waals surface area (Å²) in [5.41, 5.74) is 5.86. The van der Waals surface area contributed by atoms with E-state index in [1.54, 1.807) is 12.1 Å². The zero-order chi connectivity index (χ0) is 21.6. The lowest BCUT2D eigenvalue weighted by atomic mass is 9.66. The number of carbonyl (C=O) groups excluding carboxylic acids is 1. The predicted molar refractivity (Wildman–Crippen MR) is 120 cm³/mol. The Morgan fingerprint density at radius 1 is 1.00 bits per heavy atom. The summed E-state index contributed by atoms with van der Waals surface area (Å²) in [6, 6.07) is 16.8. The fraction of sp³-hybridized carbons (Fsp3) is 0.480. The van der Waals surface area contributed by atoms with E-state index in [2.05, 4.69) is 20.8 Å². The molecule has 0 bridgehead atoms. The number of piperidine rings is 1. The Kier molecular flexibility index (Phi) is 7.38. The molecule has 5 heteroatoms. The van der Waals surface area contributed by atoms with E-state index in [0.717, 1.165) is 31.4 Å². The van der Waals surface area contributed by atoms with Crippen LogP contribution in [0.2, 0.25) is 0 Å². The van der Waals surface area contributed by atoms with Gasteiger partial charge >= 0.3 is 6.09 Å². The number of nitrogens with two attached hydrogens (primary N) is 1. The molecular formula is C25H34N2O3. The van der Waals surface area contributed by atoms with Crippen LogP contribution in [0.3, 0.4) is 0 Å². The minimum absolute atomic E-state index is 0.204. The highest BCUT2D eigenvalue weighted by atomic mass is 16.6. The van der Waals surface area contributed by atoms with Crippen LogP contribution in [-0.4, -0.2) is 29.6 Å². The van der Waals surface area contributed by atoms with E-state index in [0.29, 0.717) is 36.4 Å². The number of rotatable bonds is 7. The molecule has 0 aliphatic carbocycles. The third kappa shape index (κ3) is 4.46. The van der Waals surface area contributed by atoms with Crippen LogP contribution >= 0.6 is 0 Å². The molecule has 1 amide bonds. The minimum atomic E-state index is -0.274. The minimum Gasteiger partial charge on any atom is -0.457 e. The van der Waals surface area contributed by atoms with Crippen molar-refractivity contribution in [2.24, 2.45) is 17.6 Å². The number of ether oxygens (including phenoxy) is 2. The lowest BCUT2D eigenvalue weighted by molar-refractivity contribution is -0.0285. The lowest BCUT2D eigenvalue weighted by Crippen LogP contribution is -2.62.